The van der Waals surface area contributed by atoms with E-state index in [1.165, 1.54) is 0 Å². The molecule has 0 saturated carbocycles. The Hall–Kier alpha value is -2.82. The van der Waals surface area contributed by atoms with Gasteiger partial charge in [0.15, 0.2) is 22.3 Å². The van der Waals surface area contributed by atoms with Crippen molar-refractivity contribution in [3.63, 3.8) is 0 Å². The number of nitrogens with one attached hydrogen (secondary N) is 2. The van der Waals surface area contributed by atoms with Crippen molar-refractivity contribution in [1.82, 2.24) is 15.3 Å². The minimum Gasteiger partial charge on any atom is -0.454 e. The van der Waals surface area contributed by atoms with Gasteiger partial charge in [0, 0.05) is 25.2 Å². The molecule has 0 bridgehead atoms. The Kier molecular flexibility index (Phi) is 6.03. The van der Waals surface area contributed by atoms with Crippen LogP contribution in [0.5, 0.6) is 11.5 Å². The molecule has 7 nitrogen and oxygen atoms in total. The van der Waals surface area contributed by atoms with Crippen LogP contribution in [-0.4, -0.2) is 34.5 Å². The van der Waals surface area contributed by atoms with Crippen LogP contribution in [0.3, 0.4) is 0 Å². The SMILES string of the molecule is C[C@H]1CCCCN1c1cc(C(F)(F)F)nc(NC(=S)NCc2ccc3c(c2)OCO3)n1. The normalized spacial score (nSPS) is 18.1. The molecule has 4 rings (SSSR count). The number of alkyl halides is 3. The quantitative estimate of drug-likeness (QED) is 0.671. The van der Waals surface area contributed by atoms with E-state index < -0.39 is 11.9 Å². The molecule has 1 aromatic carbocycles. The van der Waals surface area contributed by atoms with Crippen molar-refractivity contribution in [2.75, 3.05) is 23.6 Å². The second kappa shape index (κ2) is 8.74. The van der Waals surface area contributed by atoms with Crippen LogP contribution >= 0.6 is 12.2 Å². The van der Waals surface area contributed by atoms with E-state index in [9.17, 15) is 13.2 Å². The molecule has 1 atom stereocenters. The molecule has 2 N–H and O–H groups in total. The minimum absolute atomic E-state index is 0.105. The maximum Gasteiger partial charge on any atom is 0.433 e. The fourth-order valence-corrected chi connectivity index (χ4v) is 3.76. The molecule has 2 aromatic rings. The number of hydrogen-bond acceptors (Lipinski definition) is 6. The van der Waals surface area contributed by atoms with Gasteiger partial charge >= 0.3 is 6.18 Å². The maximum atomic E-state index is 13.4. The van der Waals surface area contributed by atoms with Crippen LogP contribution in [0.4, 0.5) is 24.9 Å². The first-order valence-electron chi connectivity index (χ1n) is 9.96. The minimum atomic E-state index is -4.59. The number of fused-ring (bicyclic) bond motifs is 1. The van der Waals surface area contributed by atoms with Crippen molar-refractivity contribution >= 4 is 29.1 Å². The van der Waals surface area contributed by atoms with Gasteiger partial charge in [0.05, 0.1) is 0 Å². The van der Waals surface area contributed by atoms with Gasteiger partial charge in [-0.25, -0.2) is 4.98 Å². The predicted molar refractivity (Wildman–Crippen MR) is 113 cm³/mol. The summed E-state index contributed by atoms with van der Waals surface area (Å²) in [5.74, 6) is 1.36. The van der Waals surface area contributed by atoms with E-state index in [0.717, 1.165) is 30.9 Å². The maximum absolute atomic E-state index is 13.4. The fraction of sp³-hybridized carbons (Fsp3) is 0.450. The number of ether oxygens (including phenoxy) is 2. The third-order valence-electron chi connectivity index (χ3n) is 5.22. The highest BCUT2D eigenvalue weighted by Crippen LogP contribution is 2.33. The van der Waals surface area contributed by atoms with Gasteiger partial charge in [-0.05, 0) is 56.1 Å². The number of anilines is 2. The number of piperidine rings is 1. The predicted octanol–water partition coefficient (Wildman–Crippen LogP) is 4.09. The molecule has 2 aliphatic rings. The highest BCUT2D eigenvalue weighted by molar-refractivity contribution is 7.80. The number of thiocarbonyl (C=S) groups is 1. The molecular formula is C20H22F3N5O2S. The zero-order chi connectivity index (χ0) is 22.0. The zero-order valence-corrected chi connectivity index (χ0v) is 17.6. The van der Waals surface area contributed by atoms with Crippen molar-refractivity contribution in [3.05, 3.63) is 35.5 Å². The van der Waals surface area contributed by atoms with Crippen LogP contribution in [0.15, 0.2) is 24.3 Å². The van der Waals surface area contributed by atoms with Crippen LogP contribution in [0.2, 0.25) is 0 Å². The molecule has 2 aliphatic heterocycles. The van der Waals surface area contributed by atoms with Gasteiger partial charge in [-0.2, -0.15) is 18.2 Å². The number of aromatic nitrogens is 2. The van der Waals surface area contributed by atoms with Crippen molar-refractivity contribution in [3.8, 4) is 11.5 Å². The highest BCUT2D eigenvalue weighted by Gasteiger charge is 2.35. The largest absolute Gasteiger partial charge is 0.454 e. The Morgan fingerprint density at radius 3 is 2.77 bits per heavy atom. The lowest BCUT2D eigenvalue weighted by Crippen LogP contribution is -2.38. The van der Waals surface area contributed by atoms with Crippen LogP contribution in [-0.2, 0) is 12.7 Å². The van der Waals surface area contributed by atoms with Gasteiger partial charge in [0.1, 0.15) is 5.82 Å². The molecule has 11 heteroatoms. The summed E-state index contributed by atoms with van der Waals surface area (Å²) >= 11 is 5.24. The first-order chi connectivity index (χ1) is 14.8. The Balaban J connectivity index is 1.47. The van der Waals surface area contributed by atoms with Gasteiger partial charge < -0.3 is 25.0 Å². The lowest BCUT2D eigenvalue weighted by atomic mass is 10.0. The van der Waals surface area contributed by atoms with Crippen molar-refractivity contribution in [1.29, 1.82) is 0 Å². The van der Waals surface area contributed by atoms with E-state index >= 15 is 0 Å². The van der Waals surface area contributed by atoms with Gasteiger partial charge in [-0.3, -0.25) is 0 Å². The standard InChI is InChI=1S/C20H22F3N5O2S/c1-12-4-2-3-7-28(12)17-9-16(20(21,22)23)25-18(26-17)27-19(31)24-10-13-5-6-14-15(8-13)30-11-29-14/h5-6,8-9,12H,2-4,7,10-11H2,1H3,(H2,24,25,26,27,31)/t12-/m0/s1. The molecule has 166 valence electrons. The Labute approximate surface area is 183 Å². The topological polar surface area (TPSA) is 71.5 Å². The Morgan fingerprint density at radius 1 is 1.19 bits per heavy atom. The van der Waals surface area contributed by atoms with Crippen molar-refractivity contribution in [2.24, 2.45) is 0 Å². The van der Waals surface area contributed by atoms with E-state index in [-0.39, 0.29) is 29.7 Å². The first kappa shape index (κ1) is 21.4. The van der Waals surface area contributed by atoms with E-state index in [1.54, 1.807) is 6.07 Å². The van der Waals surface area contributed by atoms with Crippen molar-refractivity contribution in [2.45, 2.75) is 44.9 Å². The van der Waals surface area contributed by atoms with Crippen molar-refractivity contribution < 1.29 is 22.6 Å². The molecule has 0 unspecified atom stereocenters. The average Bonchev–Trinajstić information content (AvgIpc) is 3.19. The second-order valence-electron chi connectivity index (χ2n) is 7.47. The summed E-state index contributed by atoms with van der Waals surface area (Å²) < 4.78 is 50.9. The van der Waals surface area contributed by atoms with E-state index in [4.69, 9.17) is 21.7 Å². The zero-order valence-electron chi connectivity index (χ0n) is 16.8. The van der Waals surface area contributed by atoms with Gasteiger partial charge in [0.2, 0.25) is 12.7 Å². The van der Waals surface area contributed by atoms with Crippen LogP contribution in [0.25, 0.3) is 0 Å². The summed E-state index contributed by atoms with van der Waals surface area (Å²) in [6, 6.07) is 6.55. The molecule has 0 aliphatic carbocycles. The smallest absolute Gasteiger partial charge is 0.433 e. The fourth-order valence-electron chi connectivity index (χ4n) is 3.60. The lowest BCUT2D eigenvalue weighted by molar-refractivity contribution is -0.141. The van der Waals surface area contributed by atoms with Gasteiger partial charge in [-0.15, -0.1) is 0 Å². The molecule has 0 radical (unpaired) electrons. The molecule has 1 saturated heterocycles. The number of halogens is 3. The molecule has 1 fully saturated rings. The molecule has 31 heavy (non-hydrogen) atoms. The van der Waals surface area contributed by atoms with Crippen LogP contribution in [0.1, 0.15) is 37.4 Å². The lowest BCUT2D eigenvalue weighted by Gasteiger charge is -2.34. The van der Waals surface area contributed by atoms with Gasteiger partial charge in [0.25, 0.3) is 0 Å². The summed E-state index contributed by atoms with van der Waals surface area (Å²) in [6.45, 7) is 3.16. The van der Waals surface area contributed by atoms with E-state index in [0.29, 0.717) is 24.6 Å². The monoisotopic (exact) mass is 453 g/mol. The molecule has 1 aromatic heterocycles. The summed E-state index contributed by atoms with van der Waals surface area (Å²) in [4.78, 5) is 9.82. The molecule has 0 spiro atoms. The summed E-state index contributed by atoms with van der Waals surface area (Å²) in [5.41, 5.74) is -0.127. The number of rotatable bonds is 4. The van der Waals surface area contributed by atoms with Crippen LogP contribution in [0, 0.1) is 0 Å². The molecule has 0 amide bonds. The van der Waals surface area contributed by atoms with Crippen LogP contribution < -0.4 is 25.0 Å². The molecular weight excluding hydrogens is 431 g/mol. The third kappa shape index (κ3) is 5.09. The van der Waals surface area contributed by atoms with Gasteiger partial charge in [-0.1, -0.05) is 6.07 Å². The Bertz CT molecular complexity index is 972. The summed E-state index contributed by atoms with van der Waals surface area (Å²) in [6.07, 6.45) is -1.72. The molecule has 3 heterocycles. The number of benzene rings is 1. The summed E-state index contributed by atoms with van der Waals surface area (Å²) in [7, 11) is 0. The third-order valence-corrected chi connectivity index (χ3v) is 5.46. The van der Waals surface area contributed by atoms with E-state index in [2.05, 4.69) is 20.6 Å². The number of nitrogens with zero attached hydrogens (tertiary/aromatic N) is 3. The summed E-state index contributed by atoms with van der Waals surface area (Å²) in [5, 5.41) is 5.76. The Morgan fingerprint density at radius 2 is 2.00 bits per heavy atom. The second-order valence-corrected chi connectivity index (χ2v) is 7.87. The highest BCUT2D eigenvalue weighted by atomic mass is 32.1. The first-order valence-corrected chi connectivity index (χ1v) is 10.4. The van der Waals surface area contributed by atoms with E-state index in [1.807, 2.05) is 24.0 Å². The average molecular weight is 453 g/mol. The number of hydrogen-bond donors (Lipinski definition) is 2.